The van der Waals surface area contributed by atoms with Crippen molar-refractivity contribution >= 4 is 43.7 Å². The van der Waals surface area contributed by atoms with Crippen LogP contribution in [0.3, 0.4) is 0 Å². The fourth-order valence-electron chi connectivity index (χ4n) is 3.00. The van der Waals surface area contributed by atoms with Crippen molar-refractivity contribution < 1.29 is 0 Å². The molecule has 0 spiro atoms. The van der Waals surface area contributed by atoms with Crippen LogP contribution in [0.15, 0.2) is 55.0 Å². The van der Waals surface area contributed by atoms with Gasteiger partial charge in [-0.05, 0) is 23.6 Å². The molecule has 0 fully saturated rings. The molecule has 0 aliphatic carbocycles. The molecule has 98 valence electrons. The molecule has 0 aliphatic rings. The van der Waals surface area contributed by atoms with Crippen molar-refractivity contribution in [1.82, 2.24) is 19.9 Å². The van der Waals surface area contributed by atoms with E-state index in [1.54, 1.807) is 12.5 Å². The Balaban J connectivity index is 2.18. The molecule has 3 heterocycles. The molecule has 0 unspecified atom stereocenters. The Morgan fingerprint density at radius 1 is 0.762 bits per heavy atom. The van der Waals surface area contributed by atoms with Gasteiger partial charge in [0.1, 0.15) is 17.4 Å². The van der Waals surface area contributed by atoms with Gasteiger partial charge in [-0.15, -0.1) is 0 Å². The number of fused-ring (bicyclic) bond motifs is 7. The number of pyridine rings is 2. The van der Waals surface area contributed by atoms with E-state index in [0.29, 0.717) is 0 Å². The third kappa shape index (κ3) is 1.36. The van der Waals surface area contributed by atoms with E-state index in [0.717, 1.165) is 38.4 Å². The summed E-state index contributed by atoms with van der Waals surface area (Å²) in [6.07, 6.45) is 3.40. The summed E-state index contributed by atoms with van der Waals surface area (Å²) in [5.41, 5.74) is 4.74. The number of imidazole rings is 1. The van der Waals surface area contributed by atoms with Crippen LogP contribution < -0.4 is 0 Å². The van der Waals surface area contributed by atoms with E-state index >= 15 is 0 Å². The number of nitrogens with one attached hydrogen (secondary N) is 1. The molecule has 0 atom stereocenters. The topological polar surface area (TPSA) is 54.5 Å². The summed E-state index contributed by atoms with van der Waals surface area (Å²) in [5, 5.41) is 3.40. The number of H-pyrrole nitrogens is 1. The molecule has 5 rings (SSSR count). The quantitative estimate of drug-likeness (QED) is 0.344. The number of hydrogen-bond donors (Lipinski definition) is 1. The first-order valence-corrected chi connectivity index (χ1v) is 6.81. The first kappa shape index (κ1) is 10.7. The average Bonchev–Trinajstić information content (AvgIpc) is 3.03. The zero-order valence-electron chi connectivity index (χ0n) is 11.0. The van der Waals surface area contributed by atoms with E-state index in [2.05, 4.69) is 44.2 Å². The summed E-state index contributed by atoms with van der Waals surface area (Å²) in [6.45, 7) is 0. The van der Waals surface area contributed by atoms with Gasteiger partial charge in [-0.25, -0.2) is 9.97 Å². The number of hydrogen-bond acceptors (Lipinski definition) is 3. The average molecular weight is 270 g/mol. The molecule has 21 heavy (non-hydrogen) atoms. The van der Waals surface area contributed by atoms with Gasteiger partial charge in [0, 0.05) is 22.5 Å². The van der Waals surface area contributed by atoms with Gasteiger partial charge in [-0.2, -0.15) is 0 Å². The van der Waals surface area contributed by atoms with Crippen LogP contribution in [0.2, 0.25) is 0 Å². The van der Waals surface area contributed by atoms with E-state index in [1.165, 1.54) is 5.39 Å². The van der Waals surface area contributed by atoms with Crippen LogP contribution in [0, 0.1) is 0 Å². The Morgan fingerprint density at radius 2 is 1.67 bits per heavy atom. The maximum absolute atomic E-state index is 4.50. The molecular weight excluding hydrogens is 260 g/mol. The standard InChI is InChI=1S/C17H10N4/c1-2-6-13-10(4-1)8-12-11-5-3-7-18-14(11)16-17(15(12)21-13)20-9-19-16/h1-9,21H. The van der Waals surface area contributed by atoms with E-state index in [-0.39, 0.29) is 0 Å². The van der Waals surface area contributed by atoms with Gasteiger partial charge in [0.15, 0.2) is 0 Å². The molecule has 0 aliphatic heterocycles. The molecule has 1 N–H and O–H groups in total. The molecule has 0 saturated carbocycles. The fourth-order valence-corrected chi connectivity index (χ4v) is 3.00. The van der Waals surface area contributed by atoms with Crippen LogP contribution in [0.5, 0.6) is 0 Å². The number of nitrogens with zero attached hydrogens (tertiary/aromatic N) is 3. The summed E-state index contributed by atoms with van der Waals surface area (Å²) in [4.78, 5) is 16.8. The van der Waals surface area contributed by atoms with Gasteiger partial charge >= 0.3 is 0 Å². The number of aromatic nitrogens is 4. The highest BCUT2D eigenvalue weighted by Crippen LogP contribution is 2.32. The van der Waals surface area contributed by atoms with Crippen LogP contribution >= 0.6 is 0 Å². The van der Waals surface area contributed by atoms with Crippen LogP contribution in [0.25, 0.3) is 43.7 Å². The molecule has 0 saturated heterocycles. The maximum atomic E-state index is 4.50. The molecule has 0 bridgehead atoms. The van der Waals surface area contributed by atoms with E-state index in [1.807, 2.05) is 18.2 Å². The summed E-state index contributed by atoms with van der Waals surface area (Å²) >= 11 is 0. The number of aromatic amines is 1. The van der Waals surface area contributed by atoms with Crippen molar-refractivity contribution in [2.45, 2.75) is 0 Å². The van der Waals surface area contributed by atoms with Crippen molar-refractivity contribution in [3.05, 3.63) is 55.0 Å². The number of para-hydroxylation sites is 1. The van der Waals surface area contributed by atoms with E-state index < -0.39 is 0 Å². The predicted molar refractivity (Wildman–Crippen MR) is 84.2 cm³/mol. The van der Waals surface area contributed by atoms with Crippen LogP contribution in [0.1, 0.15) is 0 Å². The predicted octanol–water partition coefficient (Wildman–Crippen LogP) is 3.81. The number of benzene rings is 2. The molecule has 3 aromatic heterocycles. The van der Waals surface area contributed by atoms with Gasteiger partial charge < -0.3 is 4.98 Å². The van der Waals surface area contributed by atoms with Crippen LogP contribution in [0.4, 0.5) is 0 Å². The van der Waals surface area contributed by atoms with Crippen molar-refractivity contribution in [3.8, 4) is 0 Å². The SMILES string of the molecule is c1ccc2[nH]c3c(cc2c1)c1cccnc1c1ncnc13. The summed E-state index contributed by atoms with van der Waals surface area (Å²) in [7, 11) is 0. The minimum Gasteiger partial charge on any atom is -0.353 e. The monoisotopic (exact) mass is 270 g/mol. The lowest BCUT2D eigenvalue weighted by atomic mass is 10.0. The molecule has 0 amide bonds. The summed E-state index contributed by atoms with van der Waals surface area (Å²) in [5.74, 6) is 0. The van der Waals surface area contributed by atoms with Gasteiger partial charge in [0.25, 0.3) is 0 Å². The maximum Gasteiger partial charge on any atom is 0.119 e. The second-order valence-electron chi connectivity index (χ2n) is 5.12. The Labute approximate surface area is 119 Å². The molecule has 4 nitrogen and oxygen atoms in total. The molecule has 0 radical (unpaired) electrons. The van der Waals surface area contributed by atoms with Gasteiger partial charge in [-0.3, -0.25) is 4.98 Å². The van der Waals surface area contributed by atoms with Crippen LogP contribution in [-0.4, -0.2) is 19.9 Å². The van der Waals surface area contributed by atoms with Crippen LogP contribution in [-0.2, 0) is 0 Å². The Morgan fingerprint density at radius 3 is 2.67 bits per heavy atom. The molecule has 4 heteroatoms. The van der Waals surface area contributed by atoms with Crippen molar-refractivity contribution in [2.75, 3.05) is 0 Å². The van der Waals surface area contributed by atoms with Gasteiger partial charge in [0.05, 0.1) is 11.0 Å². The van der Waals surface area contributed by atoms with E-state index in [9.17, 15) is 0 Å². The lowest BCUT2D eigenvalue weighted by Crippen LogP contribution is -1.88. The fraction of sp³-hybridized carbons (Fsp3) is 0. The van der Waals surface area contributed by atoms with E-state index in [4.69, 9.17) is 0 Å². The normalized spacial score (nSPS) is 11.8. The lowest BCUT2D eigenvalue weighted by molar-refractivity contribution is 1.34. The van der Waals surface area contributed by atoms with Crippen molar-refractivity contribution in [1.29, 1.82) is 0 Å². The highest BCUT2D eigenvalue weighted by atomic mass is 14.9. The molecule has 2 aromatic carbocycles. The van der Waals surface area contributed by atoms with Gasteiger partial charge in [0.2, 0.25) is 0 Å². The molecule has 5 aromatic rings. The minimum absolute atomic E-state index is 0.852. The van der Waals surface area contributed by atoms with Crippen molar-refractivity contribution in [2.24, 2.45) is 0 Å². The zero-order chi connectivity index (χ0) is 13.8. The largest absolute Gasteiger partial charge is 0.353 e. The Kier molecular flexibility index (Phi) is 1.92. The first-order valence-electron chi connectivity index (χ1n) is 6.81. The highest BCUT2D eigenvalue weighted by molar-refractivity contribution is 6.22. The zero-order valence-corrected chi connectivity index (χ0v) is 11.0. The minimum atomic E-state index is 0.852. The Bertz CT molecular complexity index is 1140. The smallest absolute Gasteiger partial charge is 0.119 e. The summed E-state index contributed by atoms with van der Waals surface area (Å²) in [6, 6.07) is 14.5. The second kappa shape index (κ2) is 3.76. The molecular formula is C17H10N4. The first-order chi connectivity index (χ1) is 10.4. The number of rotatable bonds is 0. The third-order valence-electron chi connectivity index (χ3n) is 3.95. The second-order valence-corrected chi connectivity index (χ2v) is 5.12. The lowest BCUT2D eigenvalue weighted by Gasteiger charge is -2.07. The van der Waals surface area contributed by atoms with Crippen molar-refractivity contribution in [3.63, 3.8) is 0 Å². The van der Waals surface area contributed by atoms with Gasteiger partial charge in [-0.1, -0.05) is 24.3 Å². The third-order valence-corrected chi connectivity index (χ3v) is 3.95. The highest BCUT2D eigenvalue weighted by Gasteiger charge is 2.12. The summed E-state index contributed by atoms with van der Waals surface area (Å²) < 4.78 is 0. The Hall–Kier alpha value is -3.01.